The van der Waals surface area contributed by atoms with Gasteiger partial charge in [-0.15, -0.1) is 5.10 Å². The van der Waals surface area contributed by atoms with Gasteiger partial charge in [0.2, 0.25) is 11.8 Å². The summed E-state index contributed by atoms with van der Waals surface area (Å²) in [6, 6.07) is 20.4. The van der Waals surface area contributed by atoms with Crippen LogP contribution in [0.15, 0.2) is 73.3 Å². The third-order valence-corrected chi connectivity index (χ3v) is 6.39. The van der Waals surface area contributed by atoms with Crippen LogP contribution < -0.4 is 15.2 Å². The molecule has 0 radical (unpaired) electrons. The zero-order valence-electron chi connectivity index (χ0n) is 20.3. The standard InChI is InChI=1S/C21H17N3O2.C7H12N2O/c1-25-19-10-9-18-22-20(16-8-7-14-11-12-26-17(14)13-16)21(24(18)23-19)15-5-3-2-4-6-15;1-2-7(10)9-4-3-6(8)5-9/h2-10,13H,11-12H2,1H3;2,6H,1,3-5,8H2. The third-order valence-electron chi connectivity index (χ3n) is 6.39. The van der Waals surface area contributed by atoms with Crippen molar-refractivity contribution in [3.8, 4) is 34.1 Å². The Hall–Kier alpha value is -4.17. The molecule has 2 aliphatic rings. The number of amides is 1. The number of aromatic nitrogens is 3. The molecular formula is C28H29N5O3. The highest BCUT2D eigenvalue weighted by atomic mass is 16.5. The number of carbonyl (C=O) groups is 1. The summed E-state index contributed by atoms with van der Waals surface area (Å²) in [5.74, 6) is 1.49. The van der Waals surface area contributed by atoms with E-state index < -0.39 is 0 Å². The van der Waals surface area contributed by atoms with Gasteiger partial charge in [0.25, 0.3) is 0 Å². The number of rotatable bonds is 4. The first kappa shape index (κ1) is 23.6. The molecule has 1 amide bonds. The van der Waals surface area contributed by atoms with Crippen molar-refractivity contribution in [2.45, 2.75) is 18.9 Å². The molecule has 1 saturated heterocycles. The average Bonchev–Trinajstić information content (AvgIpc) is 3.66. The maximum atomic E-state index is 10.9. The van der Waals surface area contributed by atoms with Crippen LogP contribution in [0.2, 0.25) is 0 Å². The summed E-state index contributed by atoms with van der Waals surface area (Å²) in [4.78, 5) is 17.5. The second-order valence-electron chi connectivity index (χ2n) is 8.78. The van der Waals surface area contributed by atoms with Crippen LogP contribution >= 0.6 is 0 Å². The lowest BCUT2D eigenvalue weighted by atomic mass is 10.0. The molecule has 0 saturated carbocycles. The Morgan fingerprint density at radius 2 is 2.00 bits per heavy atom. The second kappa shape index (κ2) is 10.2. The van der Waals surface area contributed by atoms with Crippen molar-refractivity contribution in [1.29, 1.82) is 0 Å². The molecule has 1 atom stereocenters. The van der Waals surface area contributed by atoms with Crippen LogP contribution in [0, 0.1) is 0 Å². The molecule has 2 aliphatic heterocycles. The predicted octanol–water partition coefficient (Wildman–Crippen LogP) is 3.74. The molecule has 1 unspecified atom stereocenters. The number of nitrogens with two attached hydrogens (primary N) is 1. The van der Waals surface area contributed by atoms with E-state index in [1.165, 1.54) is 11.6 Å². The van der Waals surface area contributed by atoms with Crippen molar-refractivity contribution >= 4 is 11.6 Å². The number of fused-ring (bicyclic) bond motifs is 2. The number of nitrogens with zero attached hydrogens (tertiary/aromatic N) is 4. The Labute approximate surface area is 210 Å². The number of imidazole rings is 1. The number of ether oxygens (including phenoxy) is 2. The van der Waals surface area contributed by atoms with Crippen molar-refractivity contribution in [1.82, 2.24) is 19.5 Å². The molecule has 2 aromatic heterocycles. The molecule has 0 aliphatic carbocycles. The summed E-state index contributed by atoms with van der Waals surface area (Å²) in [6.07, 6.45) is 3.21. The van der Waals surface area contributed by atoms with Crippen molar-refractivity contribution in [2.24, 2.45) is 5.73 Å². The molecule has 2 aromatic carbocycles. The number of methoxy groups -OCH3 is 1. The van der Waals surface area contributed by atoms with E-state index in [0.717, 1.165) is 59.9 Å². The lowest BCUT2D eigenvalue weighted by Gasteiger charge is -2.11. The topological polar surface area (TPSA) is 95.0 Å². The van der Waals surface area contributed by atoms with Gasteiger partial charge in [0.1, 0.15) is 11.4 Å². The fourth-order valence-corrected chi connectivity index (χ4v) is 4.51. The van der Waals surface area contributed by atoms with E-state index >= 15 is 0 Å². The van der Waals surface area contributed by atoms with Gasteiger partial charge in [0.15, 0.2) is 5.65 Å². The Balaban J connectivity index is 0.000000226. The summed E-state index contributed by atoms with van der Waals surface area (Å²) < 4.78 is 12.9. The maximum absolute atomic E-state index is 10.9. The Kier molecular flexibility index (Phi) is 6.69. The smallest absolute Gasteiger partial charge is 0.246 e. The SMILES string of the molecule is C=CC(=O)N1CCC(N)C1.COc1ccc2nc(-c3ccc4c(c3)OCC4)c(-c3ccccc3)n2n1. The molecule has 184 valence electrons. The van der Waals surface area contributed by atoms with E-state index in [1.54, 1.807) is 12.0 Å². The van der Waals surface area contributed by atoms with Crippen LogP contribution in [0.4, 0.5) is 0 Å². The van der Waals surface area contributed by atoms with Gasteiger partial charge in [0.05, 0.1) is 19.4 Å². The van der Waals surface area contributed by atoms with E-state index in [2.05, 4.69) is 42.0 Å². The molecule has 1 fully saturated rings. The van der Waals surface area contributed by atoms with Crippen molar-refractivity contribution in [3.05, 3.63) is 78.9 Å². The highest BCUT2D eigenvalue weighted by molar-refractivity contribution is 5.87. The fraction of sp³-hybridized carbons (Fsp3) is 0.250. The van der Waals surface area contributed by atoms with Crippen LogP contribution in [0.25, 0.3) is 28.2 Å². The number of carbonyl (C=O) groups excluding carboxylic acids is 1. The summed E-state index contributed by atoms with van der Waals surface area (Å²) >= 11 is 0. The van der Waals surface area contributed by atoms with Gasteiger partial charge in [0, 0.05) is 42.7 Å². The van der Waals surface area contributed by atoms with E-state index in [4.69, 9.17) is 20.2 Å². The Morgan fingerprint density at radius 1 is 1.17 bits per heavy atom. The highest BCUT2D eigenvalue weighted by Crippen LogP contribution is 2.36. The maximum Gasteiger partial charge on any atom is 0.246 e. The monoisotopic (exact) mass is 483 g/mol. The molecular weight excluding hydrogens is 454 g/mol. The van der Waals surface area contributed by atoms with Crippen LogP contribution in [0.1, 0.15) is 12.0 Å². The van der Waals surface area contributed by atoms with Gasteiger partial charge >= 0.3 is 0 Å². The molecule has 0 spiro atoms. The molecule has 6 rings (SSSR count). The predicted molar refractivity (Wildman–Crippen MR) is 139 cm³/mol. The minimum Gasteiger partial charge on any atom is -0.493 e. The lowest BCUT2D eigenvalue weighted by Crippen LogP contribution is -2.30. The number of hydrogen-bond acceptors (Lipinski definition) is 6. The summed E-state index contributed by atoms with van der Waals surface area (Å²) in [6.45, 7) is 5.61. The molecule has 0 bridgehead atoms. The molecule has 36 heavy (non-hydrogen) atoms. The van der Waals surface area contributed by atoms with Gasteiger partial charge < -0.3 is 20.1 Å². The molecule has 8 heteroatoms. The van der Waals surface area contributed by atoms with Crippen molar-refractivity contribution in [3.63, 3.8) is 0 Å². The Morgan fingerprint density at radius 3 is 2.72 bits per heavy atom. The first-order chi connectivity index (χ1) is 17.6. The number of benzene rings is 2. The molecule has 2 N–H and O–H groups in total. The van der Waals surface area contributed by atoms with Crippen LogP contribution in [-0.4, -0.2) is 58.3 Å². The second-order valence-corrected chi connectivity index (χ2v) is 8.78. The third kappa shape index (κ3) is 4.67. The number of likely N-dealkylation sites (tertiary alicyclic amines) is 1. The minimum atomic E-state index is -0.00653. The average molecular weight is 484 g/mol. The van der Waals surface area contributed by atoms with Gasteiger partial charge in [-0.05, 0) is 30.2 Å². The van der Waals surface area contributed by atoms with E-state index in [1.807, 2.05) is 34.8 Å². The lowest BCUT2D eigenvalue weighted by molar-refractivity contribution is -0.125. The first-order valence-electron chi connectivity index (χ1n) is 12.0. The highest BCUT2D eigenvalue weighted by Gasteiger charge is 2.21. The van der Waals surface area contributed by atoms with Gasteiger partial charge in [-0.25, -0.2) is 9.50 Å². The van der Waals surface area contributed by atoms with Crippen LogP contribution in [0.5, 0.6) is 11.6 Å². The van der Waals surface area contributed by atoms with Gasteiger partial charge in [-0.1, -0.05) is 49.0 Å². The normalized spacial score (nSPS) is 16.2. The molecule has 8 nitrogen and oxygen atoms in total. The fourth-order valence-electron chi connectivity index (χ4n) is 4.51. The largest absolute Gasteiger partial charge is 0.493 e. The first-order valence-corrected chi connectivity index (χ1v) is 12.0. The zero-order valence-corrected chi connectivity index (χ0v) is 20.3. The van der Waals surface area contributed by atoms with Gasteiger partial charge in [-0.2, -0.15) is 0 Å². The van der Waals surface area contributed by atoms with E-state index in [9.17, 15) is 4.79 Å². The van der Waals surface area contributed by atoms with E-state index in [-0.39, 0.29) is 11.9 Å². The summed E-state index contributed by atoms with van der Waals surface area (Å²) in [5, 5.41) is 4.59. The van der Waals surface area contributed by atoms with Crippen molar-refractivity contribution in [2.75, 3.05) is 26.8 Å². The molecule has 4 aromatic rings. The van der Waals surface area contributed by atoms with Crippen LogP contribution in [0.3, 0.4) is 0 Å². The summed E-state index contributed by atoms with van der Waals surface area (Å²) in [7, 11) is 1.62. The van der Waals surface area contributed by atoms with E-state index in [0.29, 0.717) is 12.4 Å². The summed E-state index contributed by atoms with van der Waals surface area (Å²) in [5.41, 5.74) is 11.5. The molecule has 4 heterocycles. The van der Waals surface area contributed by atoms with Crippen LogP contribution in [-0.2, 0) is 11.2 Å². The number of hydrogen-bond donors (Lipinski definition) is 1. The quantitative estimate of drug-likeness (QED) is 0.445. The van der Waals surface area contributed by atoms with Crippen molar-refractivity contribution < 1.29 is 14.3 Å². The Bertz CT molecular complexity index is 1400. The van der Waals surface area contributed by atoms with Gasteiger partial charge in [-0.3, -0.25) is 4.79 Å². The zero-order chi connectivity index (χ0) is 25.1. The minimum absolute atomic E-state index is 0.00653.